The molecule has 0 aliphatic heterocycles. The van der Waals surface area contributed by atoms with Crippen LogP contribution in [0, 0.1) is 10.1 Å². The predicted molar refractivity (Wildman–Crippen MR) is 81.3 cm³/mol. The van der Waals surface area contributed by atoms with Gasteiger partial charge in [-0.3, -0.25) is 15.0 Å². The van der Waals surface area contributed by atoms with Crippen molar-refractivity contribution in [3.8, 4) is 5.75 Å². The van der Waals surface area contributed by atoms with Crippen molar-refractivity contribution in [3.05, 3.63) is 33.9 Å². The highest BCUT2D eigenvalue weighted by molar-refractivity contribution is 5.42. The molecule has 0 aromatic heterocycles. The van der Waals surface area contributed by atoms with E-state index < -0.39 is 0 Å². The van der Waals surface area contributed by atoms with Gasteiger partial charge in [0.1, 0.15) is 5.75 Å². The van der Waals surface area contributed by atoms with Gasteiger partial charge < -0.3 is 10.5 Å². The zero-order valence-corrected chi connectivity index (χ0v) is 12.6. The number of nitro benzene ring substituents is 1. The third-order valence-corrected chi connectivity index (χ3v) is 4.19. The summed E-state index contributed by atoms with van der Waals surface area (Å²) in [5.74, 6) is 0.526. The highest BCUT2D eigenvalue weighted by Crippen LogP contribution is 2.26. The van der Waals surface area contributed by atoms with Crippen LogP contribution >= 0.6 is 0 Å². The molecule has 0 unspecified atom stereocenters. The summed E-state index contributed by atoms with van der Waals surface area (Å²) >= 11 is 0. The van der Waals surface area contributed by atoms with Crippen LogP contribution in [-0.2, 0) is 6.54 Å². The Kier molecular flexibility index (Phi) is 5.14. The number of methoxy groups -OCH3 is 1. The average molecular weight is 293 g/mol. The standard InChI is InChI=1S/C15H23N3O3/c1-17(13-5-3-12(16)4-6-13)10-11-7-14(18(19)20)9-15(8-11)21-2/h7-9,12-13H,3-6,10,16H2,1-2H3. The van der Waals surface area contributed by atoms with Crippen molar-refractivity contribution in [3.63, 3.8) is 0 Å². The van der Waals surface area contributed by atoms with Crippen molar-refractivity contribution in [1.29, 1.82) is 0 Å². The van der Waals surface area contributed by atoms with Gasteiger partial charge in [-0.05, 0) is 44.4 Å². The molecule has 1 fully saturated rings. The number of nitro groups is 1. The SMILES string of the molecule is COc1cc(CN(C)C2CCC(N)CC2)cc([N+](=O)[O-])c1. The van der Waals surface area contributed by atoms with Gasteiger partial charge in [0.05, 0.1) is 18.1 Å². The van der Waals surface area contributed by atoms with E-state index in [1.54, 1.807) is 6.07 Å². The molecular weight excluding hydrogens is 270 g/mol. The fourth-order valence-corrected chi connectivity index (χ4v) is 2.92. The number of hydrogen-bond acceptors (Lipinski definition) is 5. The van der Waals surface area contributed by atoms with Gasteiger partial charge in [0.15, 0.2) is 0 Å². The second kappa shape index (κ2) is 6.87. The van der Waals surface area contributed by atoms with Crippen molar-refractivity contribution in [2.45, 2.75) is 44.3 Å². The van der Waals surface area contributed by atoms with E-state index in [-0.39, 0.29) is 10.6 Å². The van der Waals surface area contributed by atoms with E-state index in [4.69, 9.17) is 10.5 Å². The van der Waals surface area contributed by atoms with Crippen LogP contribution in [0.4, 0.5) is 5.69 Å². The van der Waals surface area contributed by atoms with Crippen LogP contribution < -0.4 is 10.5 Å². The third-order valence-electron chi connectivity index (χ3n) is 4.19. The molecule has 0 amide bonds. The van der Waals surface area contributed by atoms with Crippen LogP contribution in [0.1, 0.15) is 31.2 Å². The van der Waals surface area contributed by atoms with E-state index in [1.165, 1.54) is 13.2 Å². The van der Waals surface area contributed by atoms with Crippen molar-refractivity contribution in [2.24, 2.45) is 5.73 Å². The Morgan fingerprint density at radius 2 is 2.00 bits per heavy atom. The van der Waals surface area contributed by atoms with Gasteiger partial charge in [-0.25, -0.2) is 0 Å². The van der Waals surface area contributed by atoms with Crippen LogP contribution in [0.2, 0.25) is 0 Å². The summed E-state index contributed by atoms with van der Waals surface area (Å²) in [5, 5.41) is 11.0. The van der Waals surface area contributed by atoms with Gasteiger partial charge in [-0.15, -0.1) is 0 Å². The molecule has 21 heavy (non-hydrogen) atoms. The highest BCUT2D eigenvalue weighted by Gasteiger charge is 2.22. The number of benzene rings is 1. The van der Waals surface area contributed by atoms with E-state index in [1.807, 2.05) is 6.07 Å². The van der Waals surface area contributed by atoms with E-state index in [2.05, 4.69) is 11.9 Å². The number of hydrogen-bond donors (Lipinski definition) is 1. The van der Waals surface area contributed by atoms with Crippen LogP contribution in [0.3, 0.4) is 0 Å². The van der Waals surface area contributed by atoms with E-state index in [0.717, 1.165) is 31.2 Å². The Bertz CT molecular complexity index is 499. The lowest BCUT2D eigenvalue weighted by molar-refractivity contribution is -0.385. The first-order valence-corrected chi connectivity index (χ1v) is 7.27. The second-order valence-electron chi connectivity index (χ2n) is 5.78. The van der Waals surface area contributed by atoms with Crippen LogP contribution in [0.15, 0.2) is 18.2 Å². The number of ether oxygens (including phenoxy) is 1. The quantitative estimate of drug-likeness (QED) is 0.665. The Balaban J connectivity index is 2.07. The highest BCUT2D eigenvalue weighted by atomic mass is 16.6. The molecular formula is C15H23N3O3. The molecule has 0 saturated heterocycles. The molecule has 1 aliphatic rings. The minimum Gasteiger partial charge on any atom is -0.496 e. The van der Waals surface area contributed by atoms with E-state index >= 15 is 0 Å². The van der Waals surface area contributed by atoms with Crippen LogP contribution in [0.5, 0.6) is 5.75 Å². The van der Waals surface area contributed by atoms with Crippen molar-refractivity contribution >= 4 is 5.69 Å². The third kappa shape index (κ3) is 4.15. The van der Waals surface area contributed by atoms with E-state index in [9.17, 15) is 10.1 Å². The minimum absolute atomic E-state index is 0.0726. The molecule has 1 saturated carbocycles. The van der Waals surface area contributed by atoms with Crippen molar-refractivity contribution in [2.75, 3.05) is 14.2 Å². The van der Waals surface area contributed by atoms with Crippen molar-refractivity contribution in [1.82, 2.24) is 4.90 Å². The molecule has 6 heteroatoms. The average Bonchev–Trinajstić information content (AvgIpc) is 2.47. The molecule has 1 aromatic rings. The molecule has 2 N–H and O–H groups in total. The molecule has 1 aliphatic carbocycles. The molecule has 6 nitrogen and oxygen atoms in total. The number of rotatable bonds is 5. The van der Waals surface area contributed by atoms with Gasteiger partial charge >= 0.3 is 0 Å². The molecule has 116 valence electrons. The van der Waals surface area contributed by atoms with Gasteiger partial charge in [-0.2, -0.15) is 0 Å². The second-order valence-corrected chi connectivity index (χ2v) is 5.78. The number of nitrogens with zero attached hydrogens (tertiary/aromatic N) is 2. The lowest BCUT2D eigenvalue weighted by Crippen LogP contribution is -2.38. The largest absolute Gasteiger partial charge is 0.496 e. The summed E-state index contributed by atoms with van der Waals surface area (Å²) in [5.41, 5.74) is 6.90. The maximum Gasteiger partial charge on any atom is 0.273 e. The lowest BCUT2D eigenvalue weighted by Gasteiger charge is -2.33. The Hall–Kier alpha value is -1.66. The fourth-order valence-electron chi connectivity index (χ4n) is 2.92. The zero-order valence-electron chi connectivity index (χ0n) is 12.6. The summed E-state index contributed by atoms with van der Waals surface area (Å²) in [4.78, 5) is 12.8. The Morgan fingerprint density at radius 1 is 1.33 bits per heavy atom. The zero-order chi connectivity index (χ0) is 15.4. The summed E-state index contributed by atoms with van der Waals surface area (Å²) in [6.07, 6.45) is 4.27. The summed E-state index contributed by atoms with van der Waals surface area (Å²) < 4.78 is 5.15. The smallest absolute Gasteiger partial charge is 0.273 e. The lowest BCUT2D eigenvalue weighted by atomic mass is 9.91. The first kappa shape index (κ1) is 15.7. The topological polar surface area (TPSA) is 81.6 Å². The molecule has 1 aromatic carbocycles. The Labute approximate surface area is 125 Å². The molecule has 0 radical (unpaired) electrons. The van der Waals surface area contributed by atoms with Crippen LogP contribution in [0.25, 0.3) is 0 Å². The maximum absolute atomic E-state index is 11.0. The number of nitrogens with two attached hydrogens (primary N) is 1. The van der Waals surface area contributed by atoms with Gasteiger partial charge in [0.25, 0.3) is 5.69 Å². The summed E-state index contributed by atoms with van der Waals surface area (Å²) in [7, 11) is 3.59. The van der Waals surface area contributed by atoms with Gasteiger partial charge in [0, 0.05) is 24.7 Å². The molecule has 0 spiro atoms. The summed E-state index contributed by atoms with van der Waals surface area (Å²) in [6.45, 7) is 0.679. The normalized spacial score (nSPS) is 22.3. The molecule has 2 rings (SSSR count). The number of non-ortho nitro benzene ring substituents is 1. The van der Waals surface area contributed by atoms with Crippen LogP contribution in [-0.4, -0.2) is 36.1 Å². The van der Waals surface area contributed by atoms with E-state index in [0.29, 0.717) is 24.4 Å². The van der Waals surface area contributed by atoms with Gasteiger partial charge in [-0.1, -0.05) is 0 Å². The monoisotopic (exact) mass is 293 g/mol. The summed E-state index contributed by atoms with van der Waals surface area (Å²) in [6, 6.07) is 5.75. The van der Waals surface area contributed by atoms with Crippen molar-refractivity contribution < 1.29 is 9.66 Å². The first-order chi connectivity index (χ1) is 9.99. The molecule has 0 bridgehead atoms. The fraction of sp³-hybridized carbons (Fsp3) is 0.600. The van der Waals surface area contributed by atoms with Gasteiger partial charge in [0.2, 0.25) is 0 Å². The molecule has 0 atom stereocenters. The maximum atomic E-state index is 11.0. The minimum atomic E-state index is -0.383. The molecule has 0 heterocycles. The first-order valence-electron chi connectivity index (χ1n) is 7.27. The Morgan fingerprint density at radius 3 is 2.57 bits per heavy atom. The predicted octanol–water partition coefficient (Wildman–Crippen LogP) is 2.31.